The normalized spacial score (nSPS) is 15.2. The topological polar surface area (TPSA) is 72.5 Å². The van der Waals surface area contributed by atoms with Crippen molar-refractivity contribution in [3.63, 3.8) is 0 Å². The van der Waals surface area contributed by atoms with Crippen LogP contribution < -0.4 is 4.90 Å². The number of anilines is 1. The molecule has 3 aromatic heterocycles. The van der Waals surface area contributed by atoms with E-state index in [4.69, 9.17) is 9.15 Å². The molecule has 0 amide bonds. The van der Waals surface area contributed by atoms with Gasteiger partial charge in [-0.25, -0.2) is 9.97 Å². The lowest BCUT2D eigenvalue weighted by atomic mass is 10.2. The lowest BCUT2D eigenvalue weighted by molar-refractivity contribution is 0.122. The molecule has 8 heteroatoms. The monoisotopic (exact) mass is 370 g/mol. The van der Waals surface area contributed by atoms with Crippen LogP contribution in [-0.4, -0.2) is 71.6 Å². The van der Waals surface area contributed by atoms with Crippen molar-refractivity contribution in [1.29, 1.82) is 0 Å². The van der Waals surface area contributed by atoms with Crippen LogP contribution >= 0.6 is 0 Å². The number of ether oxygens (including phenoxy) is 1. The van der Waals surface area contributed by atoms with Crippen molar-refractivity contribution < 1.29 is 9.15 Å². The molecule has 144 valence electrons. The lowest BCUT2D eigenvalue weighted by Crippen LogP contribution is -2.37. The van der Waals surface area contributed by atoms with Gasteiger partial charge in [0.2, 0.25) is 0 Å². The molecule has 0 aliphatic carbocycles. The van der Waals surface area contributed by atoms with Crippen LogP contribution in [0.1, 0.15) is 11.5 Å². The van der Waals surface area contributed by atoms with Gasteiger partial charge in [-0.1, -0.05) is 0 Å². The number of fused-ring (bicyclic) bond motifs is 1. The minimum Gasteiger partial charge on any atom is -0.449 e. The maximum Gasteiger partial charge on any atom is 0.195 e. The number of aromatic nitrogens is 4. The summed E-state index contributed by atoms with van der Waals surface area (Å²) in [5.74, 6) is 2.31. The molecule has 0 radical (unpaired) electrons. The van der Waals surface area contributed by atoms with Crippen molar-refractivity contribution in [2.24, 2.45) is 7.05 Å². The molecule has 3 aromatic rings. The van der Waals surface area contributed by atoms with E-state index < -0.39 is 0 Å². The van der Waals surface area contributed by atoms with Gasteiger partial charge < -0.3 is 19.0 Å². The molecule has 0 bridgehead atoms. The Morgan fingerprint density at radius 2 is 1.93 bits per heavy atom. The van der Waals surface area contributed by atoms with E-state index in [0.29, 0.717) is 13.2 Å². The van der Waals surface area contributed by atoms with Crippen LogP contribution in [0.15, 0.2) is 16.5 Å². The predicted octanol–water partition coefficient (Wildman–Crippen LogP) is 1.87. The van der Waals surface area contributed by atoms with Gasteiger partial charge in [-0.3, -0.25) is 4.68 Å². The van der Waals surface area contributed by atoms with Gasteiger partial charge in [0.1, 0.15) is 17.0 Å². The van der Waals surface area contributed by atoms with E-state index in [1.807, 2.05) is 24.7 Å². The zero-order valence-electron chi connectivity index (χ0n) is 16.4. The molecule has 0 unspecified atom stereocenters. The second-order valence-electron chi connectivity index (χ2n) is 7.22. The van der Waals surface area contributed by atoms with Crippen LogP contribution in [0.2, 0.25) is 0 Å². The molecule has 0 spiro atoms. The van der Waals surface area contributed by atoms with Crippen molar-refractivity contribution in [2.75, 3.05) is 51.8 Å². The lowest BCUT2D eigenvalue weighted by Gasteiger charge is -2.27. The van der Waals surface area contributed by atoms with Crippen LogP contribution in [0.4, 0.5) is 5.82 Å². The number of hydrogen-bond donors (Lipinski definition) is 0. The summed E-state index contributed by atoms with van der Waals surface area (Å²) in [4.78, 5) is 13.6. The molecule has 1 aliphatic rings. The summed E-state index contributed by atoms with van der Waals surface area (Å²) in [5.41, 5.74) is 3.54. The van der Waals surface area contributed by atoms with Crippen LogP contribution in [-0.2, 0) is 18.2 Å². The Bertz CT molecular complexity index is 939. The summed E-state index contributed by atoms with van der Waals surface area (Å²) in [5, 5.41) is 4.64. The predicted molar refractivity (Wildman–Crippen MR) is 104 cm³/mol. The summed E-state index contributed by atoms with van der Waals surface area (Å²) in [6, 6.07) is 4.06. The maximum absolute atomic E-state index is 6.19. The van der Waals surface area contributed by atoms with Gasteiger partial charge in [-0.2, -0.15) is 5.10 Å². The minimum atomic E-state index is 0.702. The highest BCUT2D eigenvalue weighted by Crippen LogP contribution is 2.32. The van der Waals surface area contributed by atoms with Gasteiger partial charge in [-0.05, 0) is 27.1 Å². The molecule has 1 fully saturated rings. The molecule has 1 aliphatic heterocycles. The summed E-state index contributed by atoms with van der Waals surface area (Å²) >= 11 is 0. The first-order chi connectivity index (χ1) is 13.0. The third-order valence-electron chi connectivity index (χ3n) is 4.82. The van der Waals surface area contributed by atoms with Crippen LogP contribution in [0.3, 0.4) is 0 Å². The number of furan rings is 1. The van der Waals surface area contributed by atoms with Gasteiger partial charge in [-0.15, -0.1) is 0 Å². The molecular weight excluding hydrogens is 344 g/mol. The van der Waals surface area contributed by atoms with Gasteiger partial charge in [0, 0.05) is 44.9 Å². The summed E-state index contributed by atoms with van der Waals surface area (Å²) in [6.07, 6.45) is 0.939. The highest BCUT2D eigenvalue weighted by Gasteiger charge is 2.21. The average Bonchev–Trinajstić information content (AvgIpc) is 3.23. The van der Waals surface area contributed by atoms with Crippen molar-refractivity contribution >= 4 is 16.9 Å². The number of morpholine rings is 1. The standard InChI is InChI=1S/C19H26N6O2/c1-13-20-16-12-17(15-11-14(24(4)22-15)5-6-23(2)3)27-18(16)19(21-13)25-7-9-26-10-8-25/h11-12H,5-10H2,1-4H3. The largest absolute Gasteiger partial charge is 0.449 e. The van der Waals surface area contributed by atoms with Crippen LogP contribution in [0.25, 0.3) is 22.6 Å². The van der Waals surface area contributed by atoms with E-state index in [1.165, 1.54) is 5.69 Å². The van der Waals surface area contributed by atoms with E-state index in [0.717, 1.165) is 60.3 Å². The van der Waals surface area contributed by atoms with E-state index in [1.54, 1.807) is 0 Å². The molecule has 4 heterocycles. The maximum atomic E-state index is 6.19. The number of likely N-dealkylation sites (N-methyl/N-ethyl adjacent to an activating group) is 1. The second-order valence-corrected chi connectivity index (χ2v) is 7.22. The average molecular weight is 370 g/mol. The third kappa shape index (κ3) is 3.68. The second kappa shape index (κ2) is 7.28. The Morgan fingerprint density at radius 1 is 1.15 bits per heavy atom. The highest BCUT2D eigenvalue weighted by atomic mass is 16.5. The fourth-order valence-electron chi connectivity index (χ4n) is 3.34. The van der Waals surface area contributed by atoms with Gasteiger partial charge in [0.05, 0.1) is 13.2 Å². The zero-order chi connectivity index (χ0) is 19.0. The molecule has 0 N–H and O–H groups in total. The summed E-state index contributed by atoms with van der Waals surface area (Å²) < 4.78 is 13.6. The van der Waals surface area contributed by atoms with Crippen LogP contribution in [0.5, 0.6) is 0 Å². The molecule has 0 atom stereocenters. The summed E-state index contributed by atoms with van der Waals surface area (Å²) in [7, 11) is 6.12. The molecule has 0 saturated carbocycles. The SMILES string of the molecule is Cc1nc(N2CCOCC2)c2oc(-c3cc(CCN(C)C)n(C)n3)cc2n1. The number of hydrogen-bond acceptors (Lipinski definition) is 7. The fourth-order valence-corrected chi connectivity index (χ4v) is 3.34. The van der Waals surface area contributed by atoms with Crippen LogP contribution in [0, 0.1) is 6.92 Å². The molecule has 1 saturated heterocycles. The molecule has 27 heavy (non-hydrogen) atoms. The van der Waals surface area contributed by atoms with E-state index >= 15 is 0 Å². The first kappa shape index (κ1) is 17.9. The zero-order valence-corrected chi connectivity index (χ0v) is 16.4. The Morgan fingerprint density at radius 3 is 2.67 bits per heavy atom. The minimum absolute atomic E-state index is 0.702. The fraction of sp³-hybridized carbons (Fsp3) is 0.526. The summed E-state index contributed by atoms with van der Waals surface area (Å²) in [6.45, 7) is 5.90. The first-order valence-electron chi connectivity index (χ1n) is 9.30. The highest BCUT2D eigenvalue weighted by molar-refractivity contribution is 5.87. The molecule has 4 rings (SSSR count). The van der Waals surface area contributed by atoms with Crippen molar-refractivity contribution in [3.8, 4) is 11.5 Å². The number of aryl methyl sites for hydroxylation is 2. The quantitative estimate of drug-likeness (QED) is 0.679. The number of rotatable bonds is 5. The van der Waals surface area contributed by atoms with Crippen molar-refractivity contribution in [1.82, 2.24) is 24.6 Å². The molecule has 0 aromatic carbocycles. The van der Waals surface area contributed by atoms with Gasteiger partial charge in [0.15, 0.2) is 17.2 Å². The van der Waals surface area contributed by atoms with E-state index in [9.17, 15) is 0 Å². The Labute approximate surface area is 158 Å². The van der Waals surface area contributed by atoms with Crippen molar-refractivity contribution in [3.05, 3.63) is 23.7 Å². The van der Waals surface area contributed by atoms with E-state index in [2.05, 4.69) is 45.0 Å². The van der Waals surface area contributed by atoms with Gasteiger partial charge in [0.25, 0.3) is 0 Å². The Balaban J connectivity index is 1.70. The Kier molecular flexibility index (Phi) is 4.84. The number of nitrogens with zero attached hydrogens (tertiary/aromatic N) is 6. The molecule has 8 nitrogen and oxygen atoms in total. The molecular formula is C19H26N6O2. The van der Waals surface area contributed by atoms with Gasteiger partial charge >= 0.3 is 0 Å². The van der Waals surface area contributed by atoms with Crippen molar-refractivity contribution in [2.45, 2.75) is 13.3 Å². The Hall–Kier alpha value is -2.45. The third-order valence-corrected chi connectivity index (χ3v) is 4.82. The smallest absolute Gasteiger partial charge is 0.195 e. The first-order valence-corrected chi connectivity index (χ1v) is 9.30. The van der Waals surface area contributed by atoms with E-state index in [-0.39, 0.29) is 0 Å².